The van der Waals surface area contributed by atoms with E-state index in [1.54, 1.807) is 30.5 Å². The lowest BCUT2D eigenvalue weighted by molar-refractivity contribution is -0.0580. The molecule has 0 aliphatic heterocycles. The Hall–Kier alpha value is -2.63. The molecular formula is C15H12F3N3. The fourth-order valence-electron chi connectivity index (χ4n) is 1.85. The second kappa shape index (κ2) is 5.78. The minimum absolute atomic E-state index is 0.127. The van der Waals surface area contributed by atoms with Crippen LogP contribution in [-0.2, 0) is 0 Å². The van der Waals surface area contributed by atoms with E-state index in [1.165, 1.54) is 6.20 Å². The standard InChI is InChI=1S/C15H12F3N3/c1-2-10(7-19)14(15(16,17)18)21-13-9-20-8-11-5-3-4-6-12(11)13/h2-9H,1,19H2. The van der Waals surface area contributed by atoms with Crippen LogP contribution in [0.1, 0.15) is 0 Å². The molecule has 21 heavy (non-hydrogen) atoms. The molecule has 2 aromatic rings. The largest absolute Gasteiger partial charge is 0.434 e. The zero-order valence-electron chi connectivity index (χ0n) is 10.9. The highest BCUT2D eigenvalue weighted by Gasteiger charge is 2.37. The van der Waals surface area contributed by atoms with Gasteiger partial charge in [-0.3, -0.25) is 4.98 Å². The molecule has 2 N–H and O–H groups in total. The van der Waals surface area contributed by atoms with Gasteiger partial charge in [0.05, 0.1) is 11.9 Å². The molecule has 0 spiro atoms. The number of fused-ring (bicyclic) bond motifs is 1. The highest BCUT2D eigenvalue weighted by Crippen LogP contribution is 2.29. The summed E-state index contributed by atoms with van der Waals surface area (Å²) in [5.74, 6) is 0. The van der Waals surface area contributed by atoms with Gasteiger partial charge in [0.1, 0.15) is 0 Å². The number of aliphatic imine (C=N–C) groups is 1. The van der Waals surface area contributed by atoms with Gasteiger partial charge >= 0.3 is 6.18 Å². The molecule has 6 heteroatoms. The normalized spacial score (nSPS) is 13.5. The summed E-state index contributed by atoms with van der Waals surface area (Å²) in [7, 11) is 0. The molecule has 0 saturated carbocycles. The van der Waals surface area contributed by atoms with Crippen molar-refractivity contribution in [3.63, 3.8) is 0 Å². The number of allylic oxidation sites excluding steroid dienone is 2. The summed E-state index contributed by atoms with van der Waals surface area (Å²) in [6, 6.07) is 6.93. The molecule has 0 unspecified atom stereocenters. The summed E-state index contributed by atoms with van der Waals surface area (Å²) in [5.41, 5.74) is 3.96. The zero-order valence-corrected chi connectivity index (χ0v) is 10.9. The average Bonchev–Trinajstić information content (AvgIpc) is 2.46. The summed E-state index contributed by atoms with van der Waals surface area (Å²) in [6.07, 6.45) is 0.0548. The van der Waals surface area contributed by atoms with E-state index in [4.69, 9.17) is 5.73 Å². The molecule has 0 bridgehead atoms. The van der Waals surface area contributed by atoms with E-state index in [0.29, 0.717) is 10.8 Å². The van der Waals surface area contributed by atoms with Crippen molar-refractivity contribution < 1.29 is 13.2 Å². The highest BCUT2D eigenvalue weighted by molar-refractivity contribution is 6.09. The van der Waals surface area contributed by atoms with Crippen molar-refractivity contribution >= 4 is 22.2 Å². The molecule has 0 amide bonds. The predicted molar refractivity (Wildman–Crippen MR) is 77.4 cm³/mol. The number of benzene rings is 1. The van der Waals surface area contributed by atoms with Crippen LogP contribution < -0.4 is 5.73 Å². The topological polar surface area (TPSA) is 51.3 Å². The number of pyridine rings is 1. The number of nitrogens with two attached hydrogens (primary N) is 1. The first-order valence-corrected chi connectivity index (χ1v) is 6.00. The van der Waals surface area contributed by atoms with Crippen molar-refractivity contribution in [1.29, 1.82) is 0 Å². The van der Waals surface area contributed by atoms with Crippen LogP contribution in [0.25, 0.3) is 10.8 Å². The van der Waals surface area contributed by atoms with E-state index < -0.39 is 11.9 Å². The van der Waals surface area contributed by atoms with Crippen LogP contribution in [-0.4, -0.2) is 16.9 Å². The lowest BCUT2D eigenvalue weighted by Crippen LogP contribution is -2.24. The molecule has 0 saturated heterocycles. The van der Waals surface area contributed by atoms with Crippen LogP contribution in [0.15, 0.2) is 66.1 Å². The number of hydrogen-bond donors (Lipinski definition) is 1. The third-order valence-corrected chi connectivity index (χ3v) is 2.82. The highest BCUT2D eigenvalue weighted by atomic mass is 19.4. The predicted octanol–water partition coefficient (Wildman–Crippen LogP) is 3.90. The first-order valence-electron chi connectivity index (χ1n) is 6.00. The Morgan fingerprint density at radius 2 is 1.95 bits per heavy atom. The van der Waals surface area contributed by atoms with E-state index in [0.717, 1.165) is 12.3 Å². The van der Waals surface area contributed by atoms with Gasteiger partial charge in [0.2, 0.25) is 0 Å². The third-order valence-electron chi connectivity index (χ3n) is 2.82. The monoisotopic (exact) mass is 291 g/mol. The second-order valence-electron chi connectivity index (χ2n) is 4.16. The van der Waals surface area contributed by atoms with Crippen LogP contribution in [0.2, 0.25) is 0 Å². The molecule has 1 heterocycles. The van der Waals surface area contributed by atoms with Crippen molar-refractivity contribution in [3.8, 4) is 0 Å². The van der Waals surface area contributed by atoms with Crippen molar-refractivity contribution in [2.45, 2.75) is 6.18 Å². The van der Waals surface area contributed by atoms with E-state index in [-0.39, 0.29) is 11.3 Å². The van der Waals surface area contributed by atoms with E-state index >= 15 is 0 Å². The molecule has 108 valence electrons. The Morgan fingerprint density at radius 1 is 1.24 bits per heavy atom. The lowest BCUT2D eigenvalue weighted by Gasteiger charge is -2.11. The van der Waals surface area contributed by atoms with Gasteiger partial charge in [0.15, 0.2) is 5.71 Å². The van der Waals surface area contributed by atoms with Crippen LogP contribution >= 0.6 is 0 Å². The van der Waals surface area contributed by atoms with Gasteiger partial charge in [0, 0.05) is 28.7 Å². The Kier molecular flexibility index (Phi) is 4.07. The van der Waals surface area contributed by atoms with E-state index in [9.17, 15) is 13.2 Å². The minimum Gasteiger partial charge on any atom is -0.404 e. The number of rotatable bonds is 3. The van der Waals surface area contributed by atoms with Gasteiger partial charge in [-0.15, -0.1) is 0 Å². The number of alkyl halides is 3. The average molecular weight is 291 g/mol. The molecule has 0 aliphatic carbocycles. The maximum Gasteiger partial charge on any atom is 0.434 e. The minimum atomic E-state index is -4.64. The molecule has 0 radical (unpaired) electrons. The van der Waals surface area contributed by atoms with E-state index in [1.807, 2.05) is 0 Å². The Morgan fingerprint density at radius 3 is 2.57 bits per heavy atom. The molecule has 0 fully saturated rings. The van der Waals surface area contributed by atoms with Crippen molar-refractivity contribution in [2.24, 2.45) is 10.7 Å². The molecular weight excluding hydrogens is 279 g/mol. The van der Waals surface area contributed by atoms with Gasteiger partial charge in [-0.1, -0.05) is 36.9 Å². The summed E-state index contributed by atoms with van der Waals surface area (Å²) in [6.45, 7) is 3.33. The van der Waals surface area contributed by atoms with Crippen molar-refractivity contribution in [1.82, 2.24) is 4.98 Å². The van der Waals surface area contributed by atoms with Gasteiger partial charge in [-0.2, -0.15) is 13.2 Å². The smallest absolute Gasteiger partial charge is 0.404 e. The van der Waals surface area contributed by atoms with Crippen LogP contribution in [0, 0.1) is 0 Å². The number of aromatic nitrogens is 1. The van der Waals surface area contributed by atoms with Crippen LogP contribution in [0.4, 0.5) is 18.9 Å². The fourth-order valence-corrected chi connectivity index (χ4v) is 1.85. The zero-order chi connectivity index (χ0) is 15.5. The maximum atomic E-state index is 13.1. The lowest BCUT2D eigenvalue weighted by atomic mass is 10.1. The van der Waals surface area contributed by atoms with Gasteiger partial charge in [-0.25, -0.2) is 4.99 Å². The van der Waals surface area contributed by atoms with Crippen LogP contribution in [0.3, 0.4) is 0 Å². The second-order valence-corrected chi connectivity index (χ2v) is 4.16. The van der Waals surface area contributed by atoms with Crippen LogP contribution in [0.5, 0.6) is 0 Å². The summed E-state index contributed by atoms with van der Waals surface area (Å²) < 4.78 is 39.4. The molecule has 1 aromatic carbocycles. The quantitative estimate of drug-likeness (QED) is 0.688. The van der Waals surface area contributed by atoms with Gasteiger partial charge < -0.3 is 5.73 Å². The third kappa shape index (κ3) is 3.10. The maximum absolute atomic E-state index is 13.1. The Labute approximate surface area is 119 Å². The summed E-state index contributed by atoms with van der Waals surface area (Å²) >= 11 is 0. The van der Waals surface area contributed by atoms with Gasteiger partial charge in [0.25, 0.3) is 0 Å². The summed E-state index contributed by atoms with van der Waals surface area (Å²) in [5, 5.41) is 1.28. The molecule has 0 aliphatic rings. The number of nitrogens with zero attached hydrogens (tertiary/aromatic N) is 2. The Bertz CT molecular complexity index is 725. The first-order chi connectivity index (χ1) is 9.97. The first kappa shape index (κ1) is 14.8. The molecule has 2 rings (SSSR count). The van der Waals surface area contributed by atoms with Crippen molar-refractivity contribution in [3.05, 3.63) is 61.1 Å². The molecule has 1 aromatic heterocycles. The van der Waals surface area contributed by atoms with Crippen molar-refractivity contribution in [2.75, 3.05) is 0 Å². The number of hydrogen-bond acceptors (Lipinski definition) is 3. The SMILES string of the molecule is C=CC(=CN)C(=Nc1cncc2ccccc12)C(F)(F)F. The fraction of sp³-hybridized carbons (Fsp3) is 0.0667. The van der Waals surface area contributed by atoms with Gasteiger partial charge in [-0.05, 0) is 0 Å². The van der Waals surface area contributed by atoms with E-state index in [2.05, 4.69) is 16.6 Å². The Balaban J connectivity index is 2.69. The summed E-state index contributed by atoms with van der Waals surface area (Å²) in [4.78, 5) is 7.62. The molecule has 0 atom stereocenters. The molecule has 3 nitrogen and oxygen atoms in total. The number of halogens is 3.